The molecule has 0 aromatic carbocycles. The van der Waals surface area contributed by atoms with Gasteiger partial charge in [-0.3, -0.25) is 4.79 Å². The third-order valence-corrected chi connectivity index (χ3v) is 4.82. The molecule has 0 saturated heterocycles. The second-order valence-corrected chi connectivity index (χ2v) is 6.36. The number of amides is 1. The summed E-state index contributed by atoms with van der Waals surface area (Å²) in [5.74, 6) is 0.0667. The number of rotatable bonds is 4. The largest absolute Gasteiger partial charge is 0.348 e. The lowest BCUT2D eigenvalue weighted by molar-refractivity contribution is 0.0936. The third kappa shape index (κ3) is 2.77. The number of aryl methyl sites for hydroxylation is 1. The summed E-state index contributed by atoms with van der Waals surface area (Å²) >= 11 is 1.74. The van der Waals surface area contributed by atoms with Crippen LogP contribution in [0.1, 0.15) is 40.6 Å². The molecule has 106 valence electrons. The van der Waals surface area contributed by atoms with Gasteiger partial charge in [-0.2, -0.15) is 0 Å². The zero-order valence-electron chi connectivity index (χ0n) is 11.6. The van der Waals surface area contributed by atoms with Crippen LogP contribution in [0.25, 0.3) is 0 Å². The van der Waals surface area contributed by atoms with Crippen LogP contribution in [0.5, 0.6) is 0 Å². The molecule has 0 unspecified atom stereocenters. The normalized spacial score (nSPS) is 15.7. The predicted octanol–water partition coefficient (Wildman–Crippen LogP) is 2.64. The lowest BCUT2D eigenvalue weighted by Crippen LogP contribution is -2.35. The van der Waals surface area contributed by atoms with E-state index in [1.54, 1.807) is 23.9 Å². The number of carbonyl (C=O) groups excluding carboxylic acids is 1. The monoisotopic (exact) mass is 289 g/mol. The third-order valence-electron chi connectivity index (χ3n) is 3.73. The second kappa shape index (κ2) is 5.79. The molecular weight excluding hydrogens is 270 g/mol. The first-order chi connectivity index (χ1) is 9.74. The Balaban J connectivity index is 1.65. The molecule has 2 aromatic heterocycles. The van der Waals surface area contributed by atoms with Crippen molar-refractivity contribution in [1.29, 1.82) is 0 Å². The molecule has 1 amide bonds. The van der Waals surface area contributed by atoms with Crippen LogP contribution in [0.4, 0.5) is 0 Å². The van der Waals surface area contributed by atoms with Gasteiger partial charge in [0.25, 0.3) is 5.91 Å². The number of hydrogen-bond acceptors (Lipinski definition) is 3. The summed E-state index contributed by atoms with van der Waals surface area (Å²) in [7, 11) is 0. The van der Waals surface area contributed by atoms with Crippen molar-refractivity contribution in [3.8, 4) is 0 Å². The number of nitrogens with one attached hydrogen (secondary N) is 1. The number of hydrogen-bond donors (Lipinski definition) is 1. The molecule has 5 heteroatoms. The van der Waals surface area contributed by atoms with E-state index in [1.807, 2.05) is 23.1 Å². The van der Waals surface area contributed by atoms with Crippen molar-refractivity contribution in [2.45, 2.75) is 45.2 Å². The Morgan fingerprint density at radius 2 is 2.35 bits per heavy atom. The van der Waals surface area contributed by atoms with Crippen molar-refractivity contribution in [3.63, 3.8) is 0 Å². The standard InChI is InChI=1S/C15H19N3OS/c1-11(8-18-7-6-16-10-18)17-15(19)13-9-20-14-5-3-2-4-12(13)14/h6-7,9-11H,2-5,8H2,1H3,(H,17,19)/t11-/m1/s1. The van der Waals surface area contributed by atoms with Gasteiger partial charge in [-0.15, -0.1) is 11.3 Å². The molecule has 4 nitrogen and oxygen atoms in total. The van der Waals surface area contributed by atoms with Crippen LogP contribution in [0.2, 0.25) is 0 Å². The summed E-state index contributed by atoms with van der Waals surface area (Å²) in [4.78, 5) is 17.8. The maximum absolute atomic E-state index is 12.4. The summed E-state index contributed by atoms with van der Waals surface area (Å²) < 4.78 is 1.98. The van der Waals surface area contributed by atoms with E-state index in [0.29, 0.717) is 0 Å². The molecule has 0 spiro atoms. The molecular formula is C15H19N3OS. The van der Waals surface area contributed by atoms with E-state index >= 15 is 0 Å². The van der Waals surface area contributed by atoms with E-state index in [2.05, 4.69) is 10.3 Å². The van der Waals surface area contributed by atoms with E-state index in [9.17, 15) is 4.79 Å². The highest BCUT2D eigenvalue weighted by molar-refractivity contribution is 7.10. The van der Waals surface area contributed by atoms with Crippen molar-refractivity contribution in [3.05, 3.63) is 40.1 Å². The van der Waals surface area contributed by atoms with Crippen molar-refractivity contribution >= 4 is 17.2 Å². The van der Waals surface area contributed by atoms with Gasteiger partial charge in [0.05, 0.1) is 11.9 Å². The highest BCUT2D eigenvalue weighted by Crippen LogP contribution is 2.30. The summed E-state index contributed by atoms with van der Waals surface area (Å²) in [6.07, 6.45) is 10.1. The molecule has 0 saturated carbocycles. The lowest BCUT2D eigenvalue weighted by atomic mass is 9.95. The molecule has 0 aliphatic heterocycles. The van der Waals surface area contributed by atoms with E-state index in [4.69, 9.17) is 0 Å². The molecule has 1 aliphatic carbocycles. The predicted molar refractivity (Wildman–Crippen MR) is 80.1 cm³/mol. The highest BCUT2D eigenvalue weighted by Gasteiger charge is 2.20. The number of carbonyl (C=O) groups is 1. The number of thiophene rings is 1. The van der Waals surface area contributed by atoms with E-state index in [0.717, 1.165) is 24.9 Å². The van der Waals surface area contributed by atoms with Crippen LogP contribution in [-0.2, 0) is 19.4 Å². The molecule has 1 N–H and O–H groups in total. The van der Waals surface area contributed by atoms with Crippen LogP contribution in [0.15, 0.2) is 24.1 Å². The van der Waals surface area contributed by atoms with E-state index in [1.165, 1.54) is 23.3 Å². The van der Waals surface area contributed by atoms with Crippen molar-refractivity contribution in [2.75, 3.05) is 0 Å². The Hall–Kier alpha value is -1.62. The number of aromatic nitrogens is 2. The molecule has 1 atom stereocenters. The summed E-state index contributed by atoms with van der Waals surface area (Å²) in [6.45, 7) is 2.77. The zero-order chi connectivity index (χ0) is 13.9. The molecule has 3 rings (SSSR count). The van der Waals surface area contributed by atoms with Crippen LogP contribution in [0, 0.1) is 0 Å². The Kier molecular flexibility index (Phi) is 3.87. The Morgan fingerprint density at radius 3 is 3.15 bits per heavy atom. The van der Waals surface area contributed by atoms with Gasteiger partial charge in [-0.1, -0.05) is 0 Å². The van der Waals surface area contributed by atoms with Crippen LogP contribution >= 0.6 is 11.3 Å². The quantitative estimate of drug-likeness (QED) is 0.940. The zero-order valence-corrected chi connectivity index (χ0v) is 12.4. The van der Waals surface area contributed by atoms with E-state index in [-0.39, 0.29) is 11.9 Å². The second-order valence-electron chi connectivity index (χ2n) is 5.39. The van der Waals surface area contributed by atoms with Gasteiger partial charge in [-0.25, -0.2) is 4.98 Å². The van der Waals surface area contributed by atoms with Crippen LogP contribution < -0.4 is 5.32 Å². The minimum absolute atomic E-state index is 0.0667. The molecule has 1 aliphatic rings. The first-order valence-electron chi connectivity index (χ1n) is 7.10. The summed E-state index contributed by atoms with van der Waals surface area (Å²) in [6, 6.07) is 0.0934. The molecule has 2 aromatic rings. The molecule has 20 heavy (non-hydrogen) atoms. The lowest BCUT2D eigenvalue weighted by Gasteiger charge is -2.16. The van der Waals surface area contributed by atoms with Gasteiger partial charge < -0.3 is 9.88 Å². The molecule has 0 radical (unpaired) electrons. The topological polar surface area (TPSA) is 46.9 Å². The van der Waals surface area contributed by atoms with E-state index < -0.39 is 0 Å². The Labute approximate surface area is 122 Å². The van der Waals surface area contributed by atoms with Crippen LogP contribution in [-0.4, -0.2) is 21.5 Å². The molecule has 2 heterocycles. The van der Waals surface area contributed by atoms with Gasteiger partial charge in [0.2, 0.25) is 0 Å². The SMILES string of the molecule is C[C@H](Cn1ccnc1)NC(=O)c1csc2c1CCCC2. The minimum atomic E-state index is 0.0667. The fourth-order valence-corrected chi connectivity index (χ4v) is 3.87. The molecule has 0 bridgehead atoms. The number of imidazole rings is 1. The average Bonchev–Trinajstić information content (AvgIpc) is 3.07. The Bertz CT molecular complexity index is 588. The van der Waals surface area contributed by atoms with Gasteiger partial charge >= 0.3 is 0 Å². The Morgan fingerprint density at radius 1 is 1.50 bits per heavy atom. The fraction of sp³-hybridized carbons (Fsp3) is 0.467. The summed E-state index contributed by atoms with van der Waals surface area (Å²) in [5.41, 5.74) is 2.18. The van der Waals surface area contributed by atoms with Gasteiger partial charge in [-0.05, 0) is 38.2 Å². The smallest absolute Gasteiger partial charge is 0.252 e. The number of nitrogens with zero attached hydrogens (tertiary/aromatic N) is 2. The van der Waals surface area contributed by atoms with Crippen molar-refractivity contribution in [2.24, 2.45) is 0 Å². The average molecular weight is 289 g/mol. The van der Waals surface area contributed by atoms with Crippen molar-refractivity contribution < 1.29 is 4.79 Å². The summed E-state index contributed by atoms with van der Waals surface area (Å²) in [5, 5.41) is 5.11. The van der Waals surface area contributed by atoms with Gasteiger partial charge in [0.1, 0.15) is 0 Å². The maximum Gasteiger partial charge on any atom is 0.252 e. The number of fused-ring (bicyclic) bond motifs is 1. The van der Waals surface area contributed by atoms with Crippen molar-refractivity contribution in [1.82, 2.24) is 14.9 Å². The maximum atomic E-state index is 12.4. The first kappa shape index (κ1) is 13.4. The first-order valence-corrected chi connectivity index (χ1v) is 7.98. The minimum Gasteiger partial charge on any atom is -0.348 e. The van der Waals surface area contributed by atoms with Crippen LogP contribution in [0.3, 0.4) is 0 Å². The molecule has 0 fully saturated rings. The van der Waals surface area contributed by atoms with Gasteiger partial charge in [0, 0.05) is 35.2 Å². The highest BCUT2D eigenvalue weighted by atomic mass is 32.1. The fourth-order valence-electron chi connectivity index (χ4n) is 2.74. The van der Waals surface area contributed by atoms with Gasteiger partial charge in [0.15, 0.2) is 0 Å².